The normalized spacial score (nSPS) is 19.2. The van der Waals surface area contributed by atoms with Gasteiger partial charge in [-0.1, -0.05) is 21.1 Å². The minimum atomic E-state index is -0.0274. The molecule has 86 valence electrons. The summed E-state index contributed by atoms with van der Waals surface area (Å²) in [6.07, 6.45) is 0.691. The van der Waals surface area contributed by atoms with E-state index in [0.717, 1.165) is 27.9 Å². The van der Waals surface area contributed by atoms with E-state index in [1.807, 2.05) is 18.2 Å². The first-order chi connectivity index (χ1) is 7.74. The van der Waals surface area contributed by atoms with Gasteiger partial charge in [0.15, 0.2) is 0 Å². The summed E-state index contributed by atoms with van der Waals surface area (Å²) in [6.45, 7) is 0. The van der Waals surface area contributed by atoms with Crippen LogP contribution in [0.1, 0.15) is 12.0 Å². The molecule has 0 spiro atoms. The summed E-state index contributed by atoms with van der Waals surface area (Å²) in [5, 5.41) is 4.04. The maximum absolute atomic E-state index is 5.73. The van der Waals surface area contributed by atoms with E-state index < -0.39 is 0 Å². The molecule has 1 unspecified atom stereocenters. The van der Waals surface area contributed by atoms with Crippen molar-refractivity contribution in [1.29, 1.82) is 0 Å². The SMILES string of the molecule is COc1ccc(Br)cc1C1=NOC(CCl)C1. The van der Waals surface area contributed by atoms with Crippen LogP contribution in [-0.4, -0.2) is 24.8 Å². The van der Waals surface area contributed by atoms with Gasteiger partial charge in [0.2, 0.25) is 0 Å². The third kappa shape index (κ3) is 2.33. The van der Waals surface area contributed by atoms with Gasteiger partial charge in [-0.15, -0.1) is 11.6 Å². The highest BCUT2D eigenvalue weighted by Crippen LogP contribution is 2.27. The molecule has 1 aliphatic heterocycles. The third-order valence-electron chi connectivity index (χ3n) is 2.38. The Morgan fingerprint density at radius 1 is 1.62 bits per heavy atom. The fourth-order valence-electron chi connectivity index (χ4n) is 1.58. The van der Waals surface area contributed by atoms with Crippen LogP contribution in [-0.2, 0) is 4.84 Å². The van der Waals surface area contributed by atoms with Gasteiger partial charge in [0, 0.05) is 16.5 Å². The van der Waals surface area contributed by atoms with E-state index in [-0.39, 0.29) is 6.10 Å². The van der Waals surface area contributed by atoms with Gasteiger partial charge < -0.3 is 9.57 Å². The molecular weight excluding hydrogens is 293 g/mol. The number of benzene rings is 1. The molecule has 3 nitrogen and oxygen atoms in total. The lowest BCUT2D eigenvalue weighted by Crippen LogP contribution is -2.10. The molecular formula is C11H11BrClNO2. The summed E-state index contributed by atoms with van der Waals surface area (Å²) in [7, 11) is 1.64. The quantitative estimate of drug-likeness (QED) is 0.803. The van der Waals surface area contributed by atoms with Crippen LogP contribution in [0.5, 0.6) is 5.75 Å². The van der Waals surface area contributed by atoms with Crippen molar-refractivity contribution in [1.82, 2.24) is 0 Å². The standard InChI is InChI=1S/C11H11BrClNO2/c1-15-11-3-2-7(12)4-9(11)10-5-8(6-13)16-14-10/h2-4,8H,5-6H2,1H3. The molecule has 1 heterocycles. The first kappa shape index (κ1) is 11.7. The van der Waals surface area contributed by atoms with Gasteiger partial charge in [-0.3, -0.25) is 0 Å². The zero-order chi connectivity index (χ0) is 11.5. The Bertz CT molecular complexity index is 422. The fraction of sp³-hybridized carbons (Fsp3) is 0.364. The summed E-state index contributed by atoms with van der Waals surface area (Å²) in [5.74, 6) is 1.24. The molecule has 16 heavy (non-hydrogen) atoms. The number of rotatable bonds is 3. The summed E-state index contributed by atoms with van der Waals surface area (Å²) in [5.41, 5.74) is 1.83. The topological polar surface area (TPSA) is 30.8 Å². The number of ether oxygens (including phenoxy) is 1. The molecule has 0 radical (unpaired) electrons. The zero-order valence-electron chi connectivity index (χ0n) is 8.74. The number of hydrogen-bond donors (Lipinski definition) is 0. The van der Waals surface area contributed by atoms with E-state index in [9.17, 15) is 0 Å². The highest BCUT2D eigenvalue weighted by molar-refractivity contribution is 9.10. The Kier molecular flexibility index (Phi) is 3.71. The van der Waals surface area contributed by atoms with Crippen LogP contribution in [0, 0.1) is 0 Å². The van der Waals surface area contributed by atoms with E-state index in [2.05, 4.69) is 21.1 Å². The van der Waals surface area contributed by atoms with Gasteiger partial charge in [0.1, 0.15) is 11.9 Å². The molecule has 2 rings (SSSR count). The van der Waals surface area contributed by atoms with E-state index in [0.29, 0.717) is 5.88 Å². The van der Waals surface area contributed by atoms with Crippen molar-refractivity contribution in [2.24, 2.45) is 5.16 Å². The van der Waals surface area contributed by atoms with Crippen LogP contribution in [0.25, 0.3) is 0 Å². The minimum absolute atomic E-state index is 0.0274. The number of methoxy groups -OCH3 is 1. The van der Waals surface area contributed by atoms with E-state index in [4.69, 9.17) is 21.2 Å². The van der Waals surface area contributed by atoms with Crippen LogP contribution < -0.4 is 4.74 Å². The minimum Gasteiger partial charge on any atom is -0.496 e. The lowest BCUT2D eigenvalue weighted by Gasteiger charge is -2.07. The van der Waals surface area contributed by atoms with Crippen molar-refractivity contribution in [3.8, 4) is 5.75 Å². The Hall–Kier alpha value is -0.740. The average Bonchev–Trinajstić information content (AvgIpc) is 2.77. The highest BCUT2D eigenvalue weighted by atomic mass is 79.9. The maximum Gasteiger partial charge on any atom is 0.146 e. The number of nitrogens with zero attached hydrogens (tertiary/aromatic N) is 1. The number of hydrogen-bond acceptors (Lipinski definition) is 3. The van der Waals surface area contributed by atoms with Crippen LogP contribution in [0.3, 0.4) is 0 Å². The molecule has 0 amide bonds. The molecule has 0 N–H and O–H groups in total. The largest absolute Gasteiger partial charge is 0.496 e. The molecule has 0 aliphatic carbocycles. The predicted octanol–water partition coefficient (Wildman–Crippen LogP) is 3.19. The number of alkyl halides is 1. The predicted molar refractivity (Wildman–Crippen MR) is 67.4 cm³/mol. The average molecular weight is 305 g/mol. The third-order valence-corrected chi connectivity index (χ3v) is 3.21. The lowest BCUT2D eigenvalue weighted by atomic mass is 10.0. The van der Waals surface area contributed by atoms with Gasteiger partial charge in [-0.25, -0.2) is 0 Å². The molecule has 0 fully saturated rings. The lowest BCUT2D eigenvalue weighted by molar-refractivity contribution is 0.102. The Labute approximate surface area is 107 Å². The second kappa shape index (κ2) is 5.06. The molecule has 5 heteroatoms. The van der Waals surface area contributed by atoms with Crippen molar-refractivity contribution in [3.63, 3.8) is 0 Å². The molecule has 0 aromatic heterocycles. The fourth-order valence-corrected chi connectivity index (χ4v) is 2.10. The van der Waals surface area contributed by atoms with Crippen molar-refractivity contribution in [3.05, 3.63) is 28.2 Å². The van der Waals surface area contributed by atoms with Gasteiger partial charge in [-0.05, 0) is 18.2 Å². The smallest absolute Gasteiger partial charge is 0.146 e. The number of halogens is 2. The second-order valence-corrected chi connectivity index (χ2v) is 4.69. The van der Waals surface area contributed by atoms with Gasteiger partial charge in [0.25, 0.3) is 0 Å². The van der Waals surface area contributed by atoms with Crippen LogP contribution >= 0.6 is 27.5 Å². The molecule has 0 saturated heterocycles. The Balaban J connectivity index is 2.30. The van der Waals surface area contributed by atoms with E-state index in [1.165, 1.54) is 0 Å². The Morgan fingerprint density at radius 3 is 3.06 bits per heavy atom. The molecule has 1 aromatic carbocycles. The Morgan fingerprint density at radius 2 is 2.44 bits per heavy atom. The first-order valence-electron chi connectivity index (χ1n) is 4.87. The monoisotopic (exact) mass is 303 g/mol. The van der Waals surface area contributed by atoms with Crippen molar-refractivity contribution in [2.75, 3.05) is 13.0 Å². The first-order valence-corrected chi connectivity index (χ1v) is 6.20. The molecule has 1 aliphatic rings. The molecule has 1 atom stereocenters. The van der Waals surface area contributed by atoms with E-state index >= 15 is 0 Å². The summed E-state index contributed by atoms with van der Waals surface area (Å²) in [4.78, 5) is 5.19. The number of oxime groups is 1. The second-order valence-electron chi connectivity index (χ2n) is 3.47. The summed E-state index contributed by atoms with van der Waals surface area (Å²) >= 11 is 9.15. The zero-order valence-corrected chi connectivity index (χ0v) is 11.1. The molecule has 1 aromatic rings. The van der Waals surface area contributed by atoms with Crippen LogP contribution in [0.2, 0.25) is 0 Å². The maximum atomic E-state index is 5.73. The van der Waals surface area contributed by atoms with Gasteiger partial charge >= 0.3 is 0 Å². The van der Waals surface area contributed by atoms with Crippen LogP contribution in [0.4, 0.5) is 0 Å². The molecule has 0 saturated carbocycles. The van der Waals surface area contributed by atoms with E-state index in [1.54, 1.807) is 7.11 Å². The van der Waals surface area contributed by atoms with Gasteiger partial charge in [-0.2, -0.15) is 0 Å². The van der Waals surface area contributed by atoms with Crippen molar-refractivity contribution >= 4 is 33.2 Å². The summed E-state index contributed by atoms with van der Waals surface area (Å²) < 4.78 is 6.28. The van der Waals surface area contributed by atoms with Crippen molar-refractivity contribution < 1.29 is 9.57 Å². The van der Waals surface area contributed by atoms with Gasteiger partial charge in [0.05, 0.1) is 18.7 Å². The highest BCUT2D eigenvalue weighted by Gasteiger charge is 2.23. The van der Waals surface area contributed by atoms with Crippen LogP contribution in [0.15, 0.2) is 27.8 Å². The van der Waals surface area contributed by atoms with Crippen molar-refractivity contribution in [2.45, 2.75) is 12.5 Å². The molecule has 0 bridgehead atoms. The summed E-state index contributed by atoms with van der Waals surface area (Å²) in [6, 6.07) is 5.80.